The van der Waals surface area contributed by atoms with Gasteiger partial charge in [0.2, 0.25) is 0 Å². The summed E-state index contributed by atoms with van der Waals surface area (Å²) < 4.78 is 49.4. The Bertz CT molecular complexity index is 347. The third-order valence-electron chi connectivity index (χ3n) is 2.60. The highest BCUT2D eigenvalue weighted by molar-refractivity contribution is 6.61. The van der Waals surface area contributed by atoms with Crippen LogP contribution >= 0.6 is 0 Å². The van der Waals surface area contributed by atoms with Crippen LogP contribution in [-0.2, 0) is 0 Å². The Morgan fingerprint density at radius 1 is 1.21 bits per heavy atom. The van der Waals surface area contributed by atoms with E-state index in [9.17, 15) is 17.3 Å². The first-order valence-electron chi connectivity index (χ1n) is 4.44. The van der Waals surface area contributed by atoms with E-state index in [1.165, 1.54) is 18.2 Å². The zero-order valence-corrected chi connectivity index (χ0v) is 7.26. The van der Waals surface area contributed by atoms with E-state index in [2.05, 4.69) is 0 Å². The lowest BCUT2D eigenvalue weighted by molar-refractivity contribution is 0.463. The highest BCUT2D eigenvalue weighted by atomic mass is 19.4. The van der Waals surface area contributed by atoms with Gasteiger partial charge in [-0.3, -0.25) is 0 Å². The molecule has 1 saturated carbocycles. The Balaban J connectivity index is 2.14. The van der Waals surface area contributed by atoms with Gasteiger partial charge >= 0.3 is 6.98 Å². The van der Waals surface area contributed by atoms with Gasteiger partial charge in [-0.1, -0.05) is 24.4 Å². The summed E-state index contributed by atoms with van der Waals surface area (Å²) in [7, 11) is 0. The van der Waals surface area contributed by atoms with Gasteiger partial charge < -0.3 is 12.9 Å². The van der Waals surface area contributed by atoms with Gasteiger partial charge in [-0.05, 0) is 23.6 Å². The van der Waals surface area contributed by atoms with Crippen LogP contribution in [0.15, 0.2) is 24.3 Å². The molecule has 0 N–H and O–H groups in total. The van der Waals surface area contributed by atoms with Gasteiger partial charge in [-0.2, -0.15) is 0 Å². The average Bonchev–Trinajstić information content (AvgIpc) is 2.81. The quantitative estimate of drug-likeness (QED) is 0.509. The first kappa shape index (κ1) is 9.56. The van der Waals surface area contributed by atoms with Crippen LogP contribution in [0.2, 0.25) is 5.82 Å². The molecule has 0 saturated heterocycles. The molecule has 0 heterocycles. The molecule has 0 amide bonds. The molecule has 0 radical (unpaired) electrons. The lowest BCUT2D eigenvalue weighted by atomic mass is 9.81. The van der Waals surface area contributed by atoms with Crippen molar-refractivity contribution in [3.05, 3.63) is 35.6 Å². The lowest BCUT2D eigenvalue weighted by Crippen LogP contribution is -2.15. The summed E-state index contributed by atoms with van der Waals surface area (Å²) in [6, 6.07) is 5.42. The summed E-state index contributed by atoms with van der Waals surface area (Å²) in [6.07, 6.45) is 0.118. The Kier molecular flexibility index (Phi) is 2.05. The van der Waals surface area contributed by atoms with Gasteiger partial charge in [-0.15, -0.1) is 0 Å². The molecule has 2 atom stereocenters. The van der Waals surface area contributed by atoms with E-state index in [1.54, 1.807) is 6.07 Å². The number of hydrogen-bond donors (Lipinski definition) is 0. The van der Waals surface area contributed by atoms with Crippen LogP contribution in [0.25, 0.3) is 0 Å². The smallest absolute Gasteiger partial charge is 0.449 e. The van der Waals surface area contributed by atoms with E-state index in [-0.39, 0.29) is 6.42 Å². The Hall–Kier alpha value is -0.995. The van der Waals surface area contributed by atoms with E-state index >= 15 is 0 Å². The van der Waals surface area contributed by atoms with Crippen molar-refractivity contribution in [2.24, 2.45) is 0 Å². The van der Waals surface area contributed by atoms with Gasteiger partial charge in [0, 0.05) is 0 Å². The second kappa shape index (κ2) is 3.00. The number of halogens is 4. The molecule has 14 heavy (non-hydrogen) atoms. The van der Waals surface area contributed by atoms with Crippen molar-refractivity contribution in [1.29, 1.82) is 0 Å². The van der Waals surface area contributed by atoms with Crippen LogP contribution in [0.1, 0.15) is 17.9 Å². The zero-order chi connectivity index (χ0) is 10.3. The van der Waals surface area contributed by atoms with Crippen molar-refractivity contribution in [2.45, 2.75) is 18.2 Å². The third kappa shape index (κ3) is 1.76. The van der Waals surface area contributed by atoms with E-state index in [0.717, 1.165) is 0 Å². The van der Waals surface area contributed by atoms with Crippen LogP contribution < -0.4 is 0 Å². The maximum absolute atomic E-state index is 12.7. The predicted octanol–water partition coefficient (Wildman–Crippen LogP) is 3.53. The minimum atomic E-state index is -4.76. The molecule has 1 fully saturated rings. The molecule has 0 aromatic heterocycles. The second-order valence-electron chi connectivity index (χ2n) is 3.69. The minimum Gasteiger partial charge on any atom is -0.449 e. The second-order valence-corrected chi connectivity index (χ2v) is 3.69. The fourth-order valence-corrected chi connectivity index (χ4v) is 1.75. The molecule has 0 nitrogen and oxygen atoms in total. The molecule has 76 valence electrons. The van der Waals surface area contributed by atoms with Gasteiger partial charge in [0.05, 0.1) is 0 Å². The Labute approximate surface area is 79.0 Å². The molecule has 1 aliphatic rings. The Morgan fingerprint density at radius 2 is 1.93 bits per heavy atom. The van der Waals surface area contributed by atoms with Gasteiger partial charge in [0.25, 0.3) is 0 Å². The summed E-state index contributed by atoms with van der Waals surface area (Å²) in [6.45, 7) is -4.76. The van der Waals surface area contributed by atoms with Crippen LogP contribution in [0.5, 0.6) is 0 Å². The normalized spacial score (nSPS) is 26.3. The molecule has 1 aromatic rings. The Morgan fingerprint density at radius 3 is 2.43 bits per heavy atom. The zero-order valence-electron chi connectivity index (χ0n) is 7.26. The highest BCUT2D eigenvalue weighted by Crippen LogP contribution is 2.59. The first-order chi connectivity index (χ1) is 6.48. The van der Waals surface area contributed by atoms with Crippen molar-refractivity contribution in [3.63, 3.8) is 0 Å². The molecular weight excluding hydrogens is 195 g/mol. The number of rotatable bonds is 2. The van der Waals surface area contributed by atoms with Crippen molar-refractivity contribution in [1.82, 2.24) is 0 Å². The van der Waals surface area contributed by atoms with Crippen molar-refractivity contribution in [3.8, 4) is 0 Å². The summed E-state index contributed by atoms with van der Waals surface area (Å²) in [5.74, 6) is -2.19. The maximum Gasteiger partial charge on any atom is 0.481 e. The standard InChI is InChI=1S/C9H8BF4/c11-7-3-1-2-6(4-7)8-5-9(8)10(12,13)14/h1-4,8-9H,5H2/q-1. The first-order valence-corrected chi connectivity index (χ1v) is 4.44. The van der Waals surface area contributed by atoms with E-state index in [1.807, 2.05) is 0 Å². The van der Waals surface area contributed by atoms with Crippen LogP contribution in [0.4, 0.5) is 17.3 Å². The maximum atomic E-state index is 12.7. The molecule has 0 aliphatic heterocycles. The molecular formula is C9H8BF4-. The summed E-state index contributed by atoms with van der Waals surface area (Å²) in [4.78, 5) is 0. The molecule has 0 spiro atoms. The van der Waals surface area contributed by atoms with E-state index in [4.69, 9.17) is 0 Å². The lowest BCUT2D eigenvalue weighted by Gasteiger charge is -2.12. The molecule has 0 bridgehead atoms. The molecule has 2 rings (SSSR count). The fraction of sp³-hybridized carbons (Fsp3) is 0.333. The SMILES string of the molecule is Fc1cccc(C2CC2[B-](F)(F)F)c1. The molecule has 1 aromatic carbocycles. The fourth-order valence-electron chi connectivity index (χ4n) is 1.75. The summed E-state index contributed by atoms with van der Waals surface area (Å²) in [5.41, 5.74) is 0.467. The highest BCUT2D eigenvalue weighted by Gasteiger charge is 2.51. The van der Waals surface area contributed by atoms with Crippen molar-refractivity contribution in [2.75, 3.05) is 0 Å². The largest absolute Gasteiger partial charge is 0.481 e. The predicted molar refractivity (Wildman–Crippen MR) is 46.6 cm³/mol. The number of hydrogen-bond acceptors (Lipinski definition) is 0. The van der Waals surface area contributed by atoms with Crippen LogP contribution in [0.3, 0.4) is 0 Å². The monoisotopic (exact) mass is 203 g/mol. The third-order valence-corrected chi connectivity index (χ3v) is 2.60. The van der Waals surface area contributed by atoms with Gasteiger partial charge in [-0.25, -0.2) is 4.39 Å². The van der Waals surface area contributed by atoms with Gasteiger partial charge in [0.1, 0.15) is 5.82 Å². The van der Waals surface area contributed by atoms with Gasteiger partial charge in [0.15, 0.2) is 0 Å². The molecule has 5 heteroatoms. The number of benzene rings is 1. The van der Waals surface area contributed by atoms with Crippen LogP contribution in [0, 0.1) is 5.82 Å². The van der Waals surface area contributed by atoms with E-state index in [0.29, 0.717) is 5.56 Å². The average molecular weight is 203 g/mol. The topological polar surface area (TPSA) is 0 Å². The van der Waals surface area contributed by atoms with Crippen molar-refractivity contribution < 1.29 is 17.3 Å². The molecule has 1 aliphatic carbocycles. The minimum absolute atomic E-state index is 0.118. The van der Waals surface area contributed by atoms with E-state index < -0.39 is 24.5 Å². The van der Waals surface area contributed by atoms with Crippen LogP contribution in [-0.4, -0.2) is 6.98 Å². The summed E-state index contributed by atoms with van der Waals surface area (Å²) in [5, 5.41) is 0. The van der Waals surface area contributed by atoms with Crippen molar-refractivity contribution >= 4 is 6.98 Å². The summed E-state index contributed by atoms with van der Waals surface area (Å²) >= 11 is 0. The molecule has 2 unspecified atom stereocenters.